The van der Waals surface area contributed by atoms with E-state index in [0.717, 1.165) is 5.69 Å². The van der Waals surface area contributed by atoms with Gasteiger partial charge < -0.3 is 10.6 Å². The van der Waals surface area contributed by atoms with E-state index in [0.29, 0.717) is 10.6 Å². The summed E-state index contributed by atoms with van der Waals surface area (Å²) in [6.07, 6.45) is 0. The Kier molecular flexibility index (Phi) is 4.45. The minimum absolute atomic E-state index is 0.122. The summed E-state index contributed by atoms with van der Waals surface area (Å²) in [7, 11) is 1.61. The van der Waals surface area contributed by atoms with E-state index in [-0.39, 0.29) is 11.9 Å². The molecule has 0 saturated carbocycles. The average Bonchev–Trinajstić information content (AvgIpc) is 2.94. The van der Waals surface area contributed by atoms with Crippen molar-refractivity contribution in [3.05, 3.63) is 51.2 Å². The van der Waals surface area contributed by atoms with E-state index in [1.807, 2.05) is 5.38 Å². The first-order valence-corrected chi connectivity index (χ1v) is 7.24. The molecule has 2 N–H and O–H groups in total. The molecule has 0 spiro atoms. The van der Waals surface area contributed by atoms with E-state index in [1.165, 1.54) is 5.56 Å². The van der Waals surface area contributed by atoms with Crippen molar-refractivity contribution in [2.24, 2.45) is 0 Å². The molecule has 3 nitrogen and oxygen atoms in total. The van der Waals surface area contributed by atoms with Crippen LogP contribution in [0.5, 0.6) is 0 Å². The molecule has 1 aromatic carbocycles. The van der Waals surface area contributed by atoms with Gasteiger partial charge in [-0.25, -0.2) is 0 Å². The van der Waals surface area contributed by atoms with Crippen LogP contribution < -0.4 is 10.6 Å². The lowest BCUT2D eigenvalue weighted by Crippen LogP contribution is -2.18. The Hall–Kier alpha value is -1.52. The number of rotatable bonds is 4. The van der Waals surface area contributed by atoms with Gasteiger partial charge in [-0.15, -0.1) is 0 Å². The SMILES string of the molecule is CNC(=O)c1ccc(Cl)c(NC(C)c2ccsc2)c1. The molecule has 0 radical (unpaired) electrons. The highest BCUT2D eigenvalue weighted by Gasteiger charge is 2.11. The summed E-state index contributed by atoms with van der Waals surface area (Å²) in [6, 6.07) is 7.42. The molecular formula is C14H15ClN2OS. The van der Waals surface area contributed by atoms with Crippen LogP contribution in [-0.2, 0) is 0 Å². The molecule has 0 aliphatic carbocycles. The number of benzene rings is 1. The normalized spacial score (nSPS) is 11.9. The van der Waals surface area contributed by atoms with Crippen molar-refractivity contribution in [3.63, 3.8) is 0 Å². The summed E-state index contributed by atoms with van der Waals surface area (Å²) in [5, 5.41) is 10.7. The van der Waals surface area contributed by atoms with Crippen LogP contribution in [0.1, 0.15) is 28.9 Å². The highest BCUT2D eigenvalue weighted by Crippen LogP contribution is 2.28. The second kappa shape index (κ2) is 6.08. The molecule has 1 amide bonds. The van der Waals surface area contributed by atoms with Crippen molar-refractivity contribution in [1.82, 2.24) is 5.32 Å². The summed E-state index contributed by atoms with van der Waals surface area (Å²) >= 11 is 7.82. The number of thiophene rings is 1. The maximum atomic E-state index is 11.6. The average molecular weight is 295 g/mol. The summed E-state index contributed by atoms with van der Waals surface area (Å²) < 4.78 is 0. The molecule has 0 fully saturated rings. The highest BCUT2D eigenvalue weighted by molar-refractivity contribution is 7.08. The smallest absolute Gasteiger partial charge is 0.251 e. The Balaban J connectivity index is 2.22. The van der Waals surface area contributed by atoms with E-state index in [9.17, 15) is 4.79 Å². The second-order valence-corrected chi connectivity index (χ2v) is 5.38. The Bertz CT molecular complexity index is 569. The molecule has 1 heterocycles. The third kappa shape index (κ3) is 3.28. The lowest BCUT2D eigenvalue weighted by molar-refractivity contribution is 0.0963. The van der Waals surface area contributed by atoms with Crippen LogP contribution >= 0.6 is 22.9 Å². The monoisotopic (exact) mass is 294 g/mol. The van der Waals surface area contributed by atoms with Gasteiger partial charge in [0.25, 0.3) is 5.91 Å². The molecule has 0 aliphatic rings. The molecule has 0 saturated heterocycles. The van der Waals surface area contributed by atoms with Crippen molar-refractivity contribution < 1.29 is 4.79 Å². The quantitative estimate of drug-likeness (QED) is 0.897. The molecule has 19 heavy (non-hydrogen) atoms. The third-order valence-corrected chi connectivity index (χ3v) is 3.90. The standard InChI is InChI=1S/C14H15ClN2OS/c1-9(11-5-6-19-8-11)17-13-7-10(14(18)16-2)3-4-12(13)15/h3-9,17H,1-2H3,(H,16,18). The summed E-state index contributed by atoms with van der Waals surface area (Å²) in [4.78, 5) is 11.6. The lowest BCUT2D eigenvalue weighted by atomic mass is 10.1. The zero-order chi connectivity index (χ0) is 13.8. The first-order valence-electron chi connectivity index (χ1n) is 5.92. The van der Waals surface area contributed by atoms with Gasteiger partial charge >= 0.3 is 0 Å². The zero-order valence-electron chi connectivity index (χ0n) is 10.7. The number of hydrogen-bond donors (Lipinski definition) is 2. The molecular weight excluding hydrogens is 280 g/mol. The fraction of sp³-hybridized carbons (Fsp3) is 0.214. The van der Waals surface area contributed by atoms with Crippen molar-refractivity contribution in [3.8, 4) is 0 Å². The predicted octanol–water partition coefficient (Wildman–Crippen LogP) is 3.93. The van der Waals surface area contributed by atoms with Gasteiger partial charge in [0, 0.05) is 18.7 Å². The van der Waals surface area contributed by atoms with Gasteiger partial charge in [-0.2, -0.15) is 11.3 Å². The van der Waals surface area contributed by atoms with Gasteiger partial charge in [-0.05, 0) is 47.5 Å². The Morgan fingerprint density at radius 3 is 2.79 bits per heavy atom. The van der Waals surface area contributed by atoms with Crippen molar-refractivity contribution in [1.29, 1.82) is 0 Å². The van der Waals surface area contributed by atoms with Crippen molar-refractivity contribution >= 4 is 34.5 Å². The highest BCUT2D eigenvalue weighted by atomic mass is 35.5. The first-order chi connectivity index (χ1) is 9.11. The van der Waals surface area contributed by atoms with Crippen LogP contribution in [0, 0.1) is 0 Å². The van der Waals surface area contributed by atoms with Crippen LogP contribution in [0.2, 0.25) is 5.02 Å². The van der Waals surface area contributed by atoms with Gasteiger partial charge in [0.05, 0.1) is 10.7 Å². The maximum absolute atomic E-state index is 11.6. The van der Waals surface area contributed by atoms with Gasteiger partial charge in [-0.3, -0.25) is 4.79 Å². The van der Waals surface area contributed by atoms with Gasteiger partial charge in [0.1, 0.15) is 0 Å². The van der Waals surface area contributed by atoms with Crippen molar-refractivity contribution in [2.45, 2.75) is 13.0 Å². The fourth-order valence-corrected chi connectivity index (χ4v) is 2.69. The van der Waals surface area contributed by atoms with E-state index < -0.39 is 0 Å². The Labute approximate surface area is 121 Å². The Morgan fingerprint density at radius 2 is 2.16 bits per heavy atom. The number of carbonyl (C=O) groups is 1. The molecule has 1 atom stereocenters. The lowest BCUT2D eigenvalue weighted by Gasteiger charge is -2.16. The summed E-state index contributed by atoms with van der Waals surface area (Å²) in [5.74, 6) is -0.122. The maximum Gasteiger partial charge on any atom is 0.251 e. The fourth-order valence-electron chi connectivity index (χ4n) is 1.76. The number of hydrogen-bond acceptors (Lipinski definition) is 3. The largest absolute Gasteiger partial charge is 0.377 e. The van der Waals surface area contributed by atoms with Crippen LogP contribution in [-0.4, -0.2) is 13.0 Å². The minimum atomic E-state index is -0.122. The number of carbonyl (C=O) groups excluding carboxylic acids is 1. The molecule has 0 bridgehead atoms. The molecule has 5 heteroatoms. The second-order valence-electron chi connectivity index (χ2n) is 4.20. The molecule has 2 aromatic rings. The topological polar surface area (TPSA) is 41.1 Å². The molecule has 1 unspecified atom stereocenters. The zero-order valence-corrected chi connectivity index (χ0v) is 12.3. The number of nitrogens with one attached hydrogen (secondary N) is 2. The molecule has 2 rings (SSSR count). The first kappa shape index (κ1) is 13.9. The van der Waals surface area contributed by atoms with E-state index in [1.54, 1.807) is 36.6 Å². The molecule has 1 aromatic heterocycles. The van der Waals surface area contributed by atoms with Gasteiger partial charge in [0.15, 0.2) is 0 Å². The van der Waals surface area contributed by atoms with Gasteiger partial charge in [-0.1, -0.05) is 11.6 Å². The summed E-state index contributed by atoms with van der Waals surface area (Å²) in [6.45, 7) is 2.06. The van der Waals surface area contributed by atoms with E-state index in [2.05, 4.69) is 29.0 Å². The van der Waals surface area contributed by atoms with Crippen LogP contribution in [0.3, 0.4) is 0 Å². The number of amides is 1. The van der Waals surface area contributed by atoms with Crippen molar-refractivity contribution in [2.75, 3.05) is 12.4 Å². The van der Waals surface area contributed by atoms with Crippen LogP contribution in [0.25, 0.3) is 0 Å². The van der Waals surface area contributed by atoms with Crippen LogP contribution in [0.4, 0.5) is 5.69 Å². The van der Waals surface area contributed by atoms with Crippen LogP contribution in [0.15, 0.2) is 35.0 Å². The minimum Gasteiger partial charge on any atom is -0.377 e. The predicted molar refractivity (Wildman–Crippen MR) is 81.2 cm³/mol. The van der Waals surface area contributed by atoms with E-state index >= 15 is 0 Å². The summed E-state index contributed by atoms with van der Waals surface area (Å²) in [5.41, 5.74) is 2.56. The molecule has 0 aliphatic heterocycles. The number of anilines is 1. The third-order valence-electron chi connectivity index (χ3n) is 2.87. The molecule has 100 valence electrons. The number of halogens is 1. The van der Waals surface area contributed by atoms with Gasteiger partial charge in [0.2, 0.25) is 0 Å². The Morgan fingerprint density at radius 1 is 1.37 bits per heavy atom. The van der Waals surface area contributed by atoms with E-state index in [4.69, 9.17) is 11.6 Å².